The summed E-state index contributed by atoms with van der Waals surface area (Å²) in [4.78, 5) is 24.8. The van der Waals surface area contributed by atoms with Gasteiger partial charge in [0.15, 0.2) is 5.69 Å². The molecule has 0 atom stereocenters. The van der Waals surface area contributed by atoms with Gasteiger partial charge in [-0.1, -0.05) is 48.0 Å². The van der Waals surface area contributed by atoms with Crippen molar-refractivity contribution in [1.82, 2.24) is 4.57 Å². The quantitative estimate of drug-likeness (QED) is 0.317. The summed E-state index contributed by atoms with van der Waals surface area (Å²) < 4.78 is 7.21. The number of azo groups is 1. The molecule has 1 N–H and O–H groups in total. The number of halogens is 1. The fraction of sp³-hybridized carbons (Fsp3) is 0.143. The number of carbonyl (C=O) groups is 2. The van der Waals surface area contributed by atoms with Crippen LogP contribution in [-0.2, 0) is 16.1 Å². The summed E-state index contributed by atoms with van der Waals surface area (Å²) in [6, 6.07) is 14.4. The molecule has 0 saturated carbocycles. The zero-order valence-corrected chi connectivity index (χ0v) is 17.4. The van der Waals surface area contributed by atoms with E-state index < -0.39 is 11.9 Å². The molecule has 4 aromatic rings. The van der Waals surface area contributed by atoms with E-state index in [4.69, 9.17) is 16.3 Å². The molecule has 0 saturated heterocycles. The average Bonchev–Trinajstić information content (AvgIpc) is 3.22. The molecule has 0 aliphatic carbocycles. The largest absolute Gasteiger partial charge is 0.493 e. The van der Waals surface area contributed by atoms with Crippen molar-refractivity contribution in [3.63, 3.8) is 0 Å². The molecule has 0 radical (unpaired) electrons. The smallest absolute Gasteiger partial charge is 0.326 e. The van der Waals surface area contributed by atoms with E-state index in [1.807, 2.05) is 24.3 Å². The van der Waals surface area contributed by atoms with Crippen LogP contribution in [0.4, 0.5) is 5.69 Å². The lowest BCUT2D eigenvalue weighted by Gasteiger charge is -2.06. The van der Waals surface area contributed by atoms with Crippen molar-refractivity contribution in [1.29, 1.82) is 0 Å². The van der Waals surface area contributed by atoms with Crippen molar-refractivity contribution in [3.8, 4) is 5.88 Å². The van der Waals surface area contributed by atoms with Crippen molar-refractivity contribution in [2.75, 3.05) is 6.61 Å². The number of benzene rings is 2. The van der Waals surface area contributed by atoms with Gasteiger partial charge in [0, 0.05) is 15.5 Å². The molecule has 2 aromatic heterocycles. The Morgan fingerprint density at radius 1 is 1.13 bits per heavy atom. The number of hydrogen-bond donors (Lipinski definition) is 1. The van der Waals surface area contributed by atoms with Gasteiger partial charge in [-0.2, -0.15) is 0 Å². The van der Waals surface area contributed by atoms with Crippen LogP contribution in [0, 0.1) is 0 Å². The molecule has 0 aliphatic heterocycles. The molecule has 0 aliphatic rings. The minimum atomic E-state index is -0.608. The number of amides is 1. The Balaban J connectivity index is 1.71. The van der Waals surface area contributed by atoms with E-state index in [-0.39, 0.29) is 29.6 Å². The number of fused-ring (bicyclic) bond motifs is 2. The van der Waals surface area contributed by atoms with Crippen LogP contribution in [0.5, 0.6) is 5.88 Å². The number of ether oxygens (including phenoxy) is 1. The Labute approximate surface area is 180 Å². The molecular formula is C21H16ClN3O4S. The zero-order chi connectivity index (χ0) is 21.3. The molecule has 9 heteroatoms. The van der Waals surface area contributed by atoms with Crippen LogP contribution in [0.15, 0.2) is 58.8 Å². The van der Waals surface area contributed by atoms with Gasteiger partial charge in [0.1, 0.15) is 11.4 Å². The lowest BCUT2D eigenvalue weighted by molar-refractivity contribution is -0.143. The van der Waals surface area contributed by atoms with Crippen LogP contribution in [-0.4, -0.2) is 28.2 Å². The van der Waals surface area contributed by atoms with Gasteiger partial charge in [-0.05, 0) is 19.1 Å². The Morgan fingerprint density at radius 2 is 1.83 bits per heavy atom. The third-order valence-corrected chi connectivity index (χ3v) is 6.14. The predicted octanol–water partition coefficient (Wildman–Crippen LogP) is 5.70. The van der Waals surface area contributed by atoms with Crippen molar-refractivity contribution < 1.29 is 19.4 Å². The van der Waals surface area contributed by atoms with E-state index in [1.165, 1.54) is 15.9 Å². The number of para-hydroxylation sites is 1. The van der Waals surface area contributed by atoms with Crippen LogP contribution in [0.2, 0.25) is 5.02 Å². The van der Waals surface area contributed by atoms with Gasteiger partial charge in [0.25, 0.3) is 0 Å². The summed E-state index contributed by atoms with van der Waals surface area (Å²) in [6.45, 7) is 1.75. The Hall–Kier alpha value is -3.23. The second kappa shape index (κ2) is 8.25. The van der Waals surface area contributed by atoms with E-state index >= 15 is 0 Å². The van der Waals surface area contributed by atoms with Gasteiger partial charge in [0.05, 0.1) is 17.1 Å². The molecular weight excluding hydrogens is 426 g/mol. The number of esters is 1. The van der Waals surface area contributed by atoms with E-state index in [0.29, 0.717) is 15.9 Å². The van der Waals surface area contributed by atoms with Gasteiger partial charge in [-0.25, -0.2) is 0 Å². The van der Waals surface area contributed by atoms with Gasteiger partial charge in [-0.3, -0.25) is 14.2 Å². The molecule has 0 spiro atoms. The highest BCUT2D eigenvalue weighted by Gasteiger charge is 2.20. The van der Waals surface area contributed by atoms with Crippen LogP contribution < -0.4 is 0 Å². The number of aromatic nitrogens is 1. The number of nitrogens with zero attached hydrogens (tertiary/aromatic N) is 3. The lowest BCUT2D eigenvalue weighted by Crippen LogP contribution is -2.12. The van der Waals surface area contributed by atoms with Gasteiger partial charge < -0.3 is 9.84 Å². The van der Waals surface area contributed by atoms with Crippen LogP contribution in [0.1, 0.15) is 16.6 Å². The number of hydrogen-bond acceptors (Lipinski definition) is 6. The second-order valence-electron chi connectivity index (χ2n) is 6.33. The van der Waals surface area contributed by atoms with Crippen molar-refractivity contribution in [2.24, 2.45) is 10.2 Å². The van der Waals surface area contributed by atoms with Crippen molar-refractivity contribution in [2.45, 2.75) is 13.5 Å². The summed E-state index contributed by atoms with van der Waals surface area (Å²) in [5.74, 6) is -1.38. The highest BCUT2D eigenvalue weighted by molar-refractivity contribution is 7.21. The first-order chi connectivity index (χ1) is 14.5. The van der Waals surface area contributed by atoms with Crippen LogP contribution >= 0.6 is 22.9 Å². The minimum absolute atomic E-state index is 0.0977. The van der Waals surface area contributed by atoms with E-state index in [0.717, 1.165) is 10.1 Å². The van der Waals surface area contributed by atoms with E-state index in [9.17, 15) is 14.7 Å². The van der Waals surface area contributed by atoms with E-state index in [2.05, 4.69) is 10.2 Å². The van der Waals surface area contributed by atoms with E-state index in [1.54, 1.807) is 31.2 Å². The summed E-state index contributed by atoms with van der Waals surface area (Å²) in [5.41, 5.74) is 0.671. The monoisotopic (exact) mass is 441 g/mol. The third kappa shape index (κ3) is 3.55. The molecule has 7 nitrogen and oxygen atoms in total. The summed E-state index contributed by atoms with van der Waals surface area (Å²) in [6.07, 6.45) is 0. The number of thiophene rings is 1. The first-order valence-corrected chi connectivity index (χ1v) is 10.3. The molecule has 2 heterocycles. The summed E-state index contributed by atoms with van der Waals surface area (Å²) >= 11 is 7.56. The normalized spacial score (nSPS) is 11.5. The standard InChI is InChI=1S/C21H16ClN3O4S/c1-2-29-16(26)11-25-14-9-5-3-7-12(14)18(21(25)28)23-24-20(27)19-17(22)13-8-4-6-10-15(13)30-19/h3-10,28H,2,11H2,1H3. The molecule has 0 fully saturated rings. The minimum Gasteiger partial charge on any atom is -0.493 e. The molecule has 2 aromatic carbocycles. The van der Waals surface area contributed by atoms with Crippen molar-refractivity contribution >= 4 is 61.5 Å². The summed E-state index contributed by atoms with van der Waals surface area (Å²) in [5, 5.41) is 20.1. The lowest BCUT2D eigenvalue weighted by atomic mass is 10.2. The molecule has 152 valence electrons. The van der Waals surface area contributed by atoms with Crippen LogP contribution in [0.3, 0.4) is 0 Å². The van der Waals surface area contributed by atoms with Gasteiger partial charge in [-0.15, -0.1) is 21.6 Å². The first kappa shape index (κ1) is 20.1. The third-order valence-electron chi connectivity index (χ3n) is 4.48. The Bertz CT molecular complexity index is 1310. The molecule has 4 rings (SSSR count). The fourth-order valence-corrected chi connectivity index (χ4v) is 4.55. The summed E-state index contributed by atoms with van der Waals surface area (Å²) in [7, 11) is 0. The fourth-order valence-electron chi connectivity index (χ4n) is 3.16. The maximum absolute atomic E-state index is 12.6. The van der Waals surface area contributed by atoms with Gasteiger partial charge in [0.2, 0.25) is 5.88 Å². The SMILES string of the molecule is CCOC(=O)Cn1c(O)c(N=NC(=O)c2sc3ccccc3c2Cl)c2ccccc21. The van der Waals surface area contributed by atoms with Crippen LogP contribution in [0.25, 0.3) is 21.0 Å². The average molecular weight is 442 g/mol. The zero-order valence-electron chi connectivity index (χ0n) is 15.8. The number of rotatable bonds is 5. The Morgan fingerprint density at radius 3 is 2.57 bits per heavy atom. The maximum atomic E-state index is 12.6. The highest BCUT2D eigenvalue weighted by Crippen LogP contribution is 2.40. The first-order valence-electron chi connectivity index (χ1n) is 9.10. The predicted molar refractivity (Wildman–Crippen MR) is 116 cm³/mol. The maximum Gasteiger partial charge on any atom is 0.326 e. The molecule has 0 bridgehead atoms. The topological polar surface area (TPSA) is 93.2 Å². The highest BCUT2D eigenvalue weighted by atomic mass is 35.5. The van der Waals surface area contributed by atoms with Crippen molar-refractivity contribution in [3.05, 3.63) is 58.4 Å². The number of carbonyl (C=O) groups excluding carboxylic acids is 2. The number of aromatic hydroxyl groups is 1. The Kier molecular flexibility index (Phi) is 5.52. The van der Waals surface area contributed by atoms with Gasteiger partial charge >= 0.3 is 11.9 Å². The molecule has 30 heavy (non-hydrogen) atoms. The molecule has 0 unspecified atom stereocenters. The molecule has 1 amide bonds. The second-order valence-corrected chi connectivity index (χ2v) is 7.76.